The van der Waals surface area contributed by atoms with E-state index in [2.05, 4.69) is 15.5 Å². The highest BCUT2D eigenvalue weighted by molar-refractivity contribution is 7.90. The van der Waals surface area contributed by atoms with Crippen LogP contribution in [0.5, 0.6) is 0 Å². The third-order valence-corrected chi connectivity index (χ3v) is 4.26. The normalized spacial score (nSPS) is 11.1. The number of nitrogens with one attached hydrogen (secondary N) is 1. The molecule has 9 heteroatoms. The molecule has 132 valence electrons. The van der Waals surface area contributed by atoms with Crippen molar-refractivity contribution in [3.05, 3.63) is 36.4 Å². The van der Waals surface area contributed by atoms with Crippen molar-refractivity contribution in [2.75, 3.05) is 11.6 Å². The SMILES string of the molecule is CS(=O)(=O)c1ccc(-c2ccc(NC(=O)CCCC(=O)O)cc2)nn1. The van der Waals surface area contributed by atoms with Crippen molar-refractivity contribution in [3.63, 3.8) is 0 Å². The zero-order valence-corrected chi connectivity index (χ0v) is 14.3. The molecule has 0 bridgehead atoms. The summed E-state index contributed by atoms with van der Waals surface area (Å²) in [6.07, 6.45) is 1.42. The first-order chi connectivity index (χ1) is 11.8. The molecule has 2 rings (SSSR count). The molecule has 1 aromatic heterocycles. The number of carbonyl (C=O) groups is 2. The van der Waals surface area contributed by atoms with Crippen LogP contribution in [0.1, 0.15) is 19.3 Å². The maximum Gasteiger partial charge on any atom is 0.303 e. The summed E-state index contributed by atoms with van der Waals surface area (Å²) in [5, 5.41) is 18.7. The van der Waals surface area contributed by atoms with Crippen LogP contribution in [-0.4, -0.2) is 41.9 Å². The number of carboxylic acid groups (broad SMARTS) is 1. The number of aliphatic carboxylic acids is 1. The summed E-state index contributed by atoms with van der Waals surface area (Å²) < 4.78 is 22.7. The number of aromatic nitrogens is 2. The highest BCUT2D eigenvalue weighted by Crippen LogP contribution is 2.20. The minimum atomic E-state index is -3.39. The first-order valence-electron chi connectivity index (χ1n) is 7.41. The maximum absolute atomic E-state index is 11.7. The summed E-state index contributed by atoms with van der Waals surface area (Å²) in [7, 11) is -3.39. The molecule has 0 saturated heterocycles. The second-order valence-electron chi connectivity index (χ2n) is 5.40. The molecule has 0 aliphatic carbocycles. The van der Waals surface area contributed by atoms with E-state index in [-0.39, 0.29) is 30.2 Å². The molecule has 0 atom stereocenters. The van der Waals surface area contributed by atoms with Crippen molar-refractivity contribution in [1.29, 1.82) is 0 Å². The van der Waals surface area contributed by atoms with Crippen molar-refractivity contribution in [1.82, 2.24) is 10.2 Å². The fraction of sp³-hybridized carbons (Fsp3) is 0.250. The third kappa shape index (κ3) is 5.64. The van der Waals surface area contributed by atoms with Crippen LogP contribution in [0, 0.1) is 0 Å². The van der Waals surface area contributed by atoms with Crippen molar-refractivity contribution in [3.8, 4) is 11.3 Å². The van der Waals surface area contributed by atoms with Gasteiger partial charge in [-0.1, -0.05) is 12.1 Å². The van der Waals surface area contributed by atoms with Gasteiger partial charge in [0.1, 0.15) is 0 Å². The van der Waals surface area contributed by atoms with Gasteiger partial charge in [-0.15, -0.1) is 10.2 Å². The zero-order valence-electron chi connectivity index (χ0n) is 13.5. The van der Waals surface area contributed by atoms with Crippen molar-refractivity contribution in [2.45, 2.75) is 24.3 Å². The van der Waals surface area contributed by atoms with Crippen LogP contribution in [0.15, 0.2) is 41.4 Å². The number of sulfone groups is 1. The first kappa shape index (κ1) is 18.5. The lowest BCUT2D eigenvalue weighted by atomic mass is 10.1. The summed E-state index contributed by atoms with van der Waals surface area (Å²) in [6.45, 7) is 0. The molecule has 1 heterocycles. The Kier molecular flexibility index (Phi) is 5.81. The molecule has 2 aromatic rings. The number of benzene rings is 1. The Hall–Kier alpha value is -2.81. The molecule has 0 fully saturated rings. The number of anilines is 1. The number of amides is 1. The number of nitrogens with zero attached hydrogens (tertiary/aromatic N) is 2. The van der Waals surface area contributed by atoms with Gasteiger partial charge in [0, 0.05) is 30.3 Å². The second-order valence-corrected chi connectivity index (χ2v) is 7.36. The van der Waals surface area contributed by atoms with E-state index in [1.165, 1.54) is 6.07 Å². The van der Waals surface area contributed by atoms with E-state index in [0.29, 0.717) is 11.4 Å². The number of hydrogen-bond donors (Lipinski definition) is 2. The molecule has 2 N–H and O–H groups in total. The van der Waals surface area contributed by atoms with Gasteiger partial charge in [0.25, 0.3) is 0 Å². The third-order valence-electron chi connectivity index (χ3n) is 3.28. The fourth-order valence-corrected chi connectivity index (χ4v) is 2.52. The van der Waals surface area contributed by atoms with Crippen LogP contribution in [0.25, 0.3) is 11.3 Å². The quantitative estimate of drug-likeness (QED) is 0.767. The molecule has 1 amide bonds. The largest absolute Gasteiger partial charge is 0.481 e. The van der Waals surface area contributed by atoms with E-state index >= 15 is 0 Å². The maximum atomic E-state index is 11.7. The van der Waals surface area contributed by atoms with Crippen LogP contribution in [0.2, 0.25) is 0 Å². The molecule has 0 aliphatic heterocycles. The fourth-order valence-electron chi connectivity index (χ4n) is 2.02. The Morgan fingerprint density at radius 2 is 1.72 bits per heavy atom. The first-order valence-corrected chi connectivity index (χ1v) is 9.31. The van der Waals surface area contributed by atoms with Gasteiger partial charge >= 0.3 is 5.97 Å². The van der Waals surface area contributed by atoms with Gasteiger partial charge in [-0.3, -0.25) is 9.59 Å². The molecule has 8 nitrogen and oxygen atoms in total. The topological polar surface area (TPSA) is 126 Å². The average molecular weight is 363 g/mol. The van der Waals surface area contributed by atoms with E-state index in [0.717, 1.165) is 11.8 Å². The van der Waals surface area contributed by atoms with Gasteiger partial charge < -0.3 is 10.4 Å². The number of hydrogen-bond acceptors (Lipinski definition) is 6. The lowest BCUT2D eigenvalue weighted by molar-refractivity contribution is -0.137. The molecular formula is C16H17N3O5S. The molecule has 1 aromatic carbocycles. The molecule has 0 radical (unpaired) electrons. The van der Waals surface area contributed by atoms with Crippen molar-refractivity contribution < 1.29 is 23.1 Å². The van der Waals surface area contributed by atoms with Crippen molar-refractivity contribution >= 4 is 27.4 Å². The Balaban J connectivity index is 2.00. The molecule has 0 spiro atoms. The predicted molar refractivity (Wildman–Crippen MR) is 90.7 cm³/mol. The van der Waals surface area contributed by atoms with Crippen LogP contribution >= 0.6 is 0 Å². The van der Waals surface area contributed by atoms with Gasteiger partial charge in [0.15, 0.2) is 14.9 Å². The van der Waals surface area contributed by atoms with E-state index < -0.39 is 15.8 Å². The molecular weight excluding hydrogens is 346 g/mol. The Bertz CT molecular complexity index is 862. The summed E-state index contributed by atoms with van der Waals surface area (Å²) in [5.74, 6) is -1.19. The van der Waals surface area contributed by atoms with Crippen LogP contribution in [0.4, 0.5) is 5.69 Å². The van der Waals surface area contributed by atoms with Gasteiger partial charge in [0.05, 0.1) is 5.69 Å². The number of carboxylic acids is 1. The molecule has 0 aliphatic rings. The van der Waals surface area contributed by atoms with Gasteiger partial charge in [-0.2, -0.15) is 0 Å². The van der Waals surface area contributed by atoms with E-state index in [1.54, 1.807) is 30.3 Å². The minimum Gasteiger partial charge on any atom is -0.481 e. The Morgan fingerprint density at radius 1 is 1.04 bits per heavy atom. The predicted octanol–water partition coefficient (Wildman–Crippen LogP) is 1.74. The molecule has 0 saturated carbocycles. The molecule has 0 unspecified atom stereocenters. The summed E-state index contributed by atoms with van der Waals surface area (Å²) >= 11 is 0. The Morgan fingerprint density at radius 3 is 2.24 bits per heavy atom. The van der Waals surface area contributed by atoms with Gasteiger partial charge in [0.2, 0.25) is 5.91 Å². The smallest absolute Gasteiger partial charge is 0.303 e. The Labute approximate surface area is 144 Å². The lowest BCUT2D eigenvalue weighted by Gasteiger charge is -2.06. The van der Waals surface area contributed by atoms with Crippen LogP contribution < -0.4 is 5.32 Å². The van der Waals surface area contributed by atoms with E-state index in [4.69, 9.17) is 5.11 Å². The minimum absolute atomic E-state index is 0.0471. The zero-order chi connectivity index (χ0) is 18.4. The summed E-state index contributed by atoms with van der Waals surface area (Å²) in [4.78, 5) is 22.1. The highest BCUT2D eigenvalue weighted by Gasteiger charge is 2.10. The van der Waals surface area contributed by atoms with Gasteiger partial charge in [-0.25, -0.2) is 8.42 Å². The summed E-state index contributed by atoms with van der Waals surface area (Å²) in [6, 6.07) is 9.74. The van der Waals surface area contributed by atoms with Gasteiger partial charge in [-0.05, 0) is 30.7 Å². The molecule has 25 heavy (non-hydrogen) atoms. The van der Waals surface area contributed by atoms with E-state index in [1.807, 2.05) is 0 Å². The standard InChI is InChI=1S/C16H17N3O5S/c1-25(23,24)15-10-9-13(18-19-15)11-5-7-12(8-6-11)17-14(20)3-2-4-16(21)22/h5-10H,2-4H2,1H3,(H,17,20)(H,21,22). The highest BCUT2D eigenvalue weighted by atomic mass is 32.2. The van der Waals surface area contributed by atoms with E-state index in [9.17, 15) is 18.0 Å². The second kappa shape index (κ2) is 7.84. The average Bonchev–Trinajstić information content (AvgIpc) is 2.54. The van der Waals surface area contributed by atoms with Crippen LogP contribution in [0.3, 0.4) is 0 Å². The van der Waals surface area contributed by atoms with Crippen molar-refractivity contribution in [2.24, 2.45) is 0 Å². The summed E-state index contributed by atoms with van der Waals surface area (Å²) in [5.41, 5.74) is 1.80. The van der Waals surface area contributed by atoms with Crippen LogP contribution in [-0.2, 0) is 19.4 Å². The lowest BCUT2D eigenvalue weighted by Crippen LogP contribution is -2.11. The number of carbonyl (C=O) groups excluding carboxylic acids is 1. The monoisotopic (exact) mass is 363 g/mol. The number of rotatable bonds is 7.